The lowest BCUT2D eigenvalue weighted by Crippen LogP contribution is -2.45. The first kappa shape index (κ1) is 19.9. The molecule has 0 saturated heterocycles. The summed E-state index contributed by atoms with van der Waals surface area (Å²) in [6, 6.07) is -0.280. The summed E-state index contributed by atoms with van der Waals surface area (Å²) in [4.78, 5) is 24.6. The van der Waals surface area contributed by atoms with E-state index in [-0.39, 0.29) is 41.4 Å². The Morgan fingerprint density at radius 2 is 1.88 bits per heavy atom. The number of carbonyl (C=O) groups excluding carboxylic acids is 2. The van der Waals surface area contributed by atoms with Gasteiger partial charge < -0.3 is 17.2 Å². The fourth-order valence-electron chi connectivity index (χ4n) is 4.44. The lowest BCUT2D eigenvalue weighted by Gasteiger charge is -2.40. The molecular weight excluding hydrogens is 314 g/mol. The van der Waals surface area contributed by atoms with Crippen LogP contribution in [0.4, 0.5) is 0 Å². The van der Waals surface area contributed by atoms with Gasteiger partial charge in [-0.15, -0.1) is 0 Å². The SMILES string of the molecule is CCC(C)C1C=C(C(C)=O)C(C2CCC(N)CC2C(C)=O)=C(N)C1N. The van der Waals surface area contributed by atoms with Crippen LogP contribution < -0.4 is 17.2 Å². The maximum atomic E-state index is 12.4. The zero-order valence-corrected chi connectivity index (χ0v) is 15.9. The van der Waals surface area contributed by atoms with Crippen LogP contribution in [0.2, 0.25) is 0 Å². The van der Waals surface area contributed by atoms with Crippen LogP contribution in [0.15, 0.2) is 22.9 Å². The molecule has 1 saturated carbocycles. The summed E-state index contributed by atoms with van der Waals surface area (Å²) in [5.41, 5.74) is 21.1. The molecule has 0 heterocycles. The predicted octanol–water partition coefficient (Wildman–Crippen LogP) is 2.05. The van der Waals surface area contributed by atoms with Crippen LogP contribution in [0.25, 0.3) is 0 Å². The van der Waals surface area contributed by atoms with Crippen molar-refractivity contribution in [3.05, 3.63) is 22.9 Å². The van der Waals surface area contributed by atoms with E-state index in [1.54, 1.807) is 13.8 Å². The third kappa shape index (κ3) is 3.87. The van der Waals surface area contributed by atoms with E-state index in [4.69, 9.17) is 17.2 Å². The van der Waals surface area contributed by atoms with Crippen molar-refractivity contribution in [3.63, 3.8) is 0 Å². The zero-order chi connectivity index (χ0) is 18.9. The number of hydrogen-bond donors (Lipinski definition) is 3. The van der Waals surface area contributed by atoms with Crippen molar-refractivity contribution >= 4 is 11.6 Å². The average Bonchev–Trinajstić information content (AvgIpc) is 2.56. The van der Waals surface area contributed by atoms with E-state index in [2.05, 4.69) is 13.8 Å². The van der Waals surface area contributed by atoms with Crippen molar-refractivity contribution in [1.82, 2.24) is 0 Å². The van der Waals surface area contributed by atoms with Gasteiger partial charge in [-0.1, -0.05) is 26.3 Å². The fourth-order valence-corrected chi connectivity index (χ4v) is 4.44. The summed E-state index contributed by atoms with van der Waals surface area (Å²) in [5.74, 6) is 0.252. The topological polar surface area (TPSA) is 112 Å². The highest BCUT2D eigenvalue weighted by Crippen LogP contribution is 2.43. The van der Waals surface area contributed by atoms with Crippen molar-refractivity contribution in [2.75, 3.05) is 0 Å². The van der Waals surface area contributed by atoms with Crippen molar-refractivity contribution in [2.24, 2.45) is 40.9 Å². The smallest absolute Gasteiger partial charge is 0.159 e. The van der Waals surface area contributed by atoms with E-state index < -0.39 is 0 Å². The average molecular weight is 348 g/mol. The number of allylic oxidation sites excluding steroid dienone is 2. The number of Topliss-reactive ketones (excluding diaryl/α,β-unsaturated/α-hetero) is 2. The van der Waals surface area contributed by atoms with Gasteiger partial charge in [-0.05, 0) is 50.5 Å². The molecule has 25 heavy (non-hydrogen) atoms. The number of carbonyl (C=O) groups is 2. The van der Waals surface area contributed by atoms with Crippen molar-refractivity contribution in [1.29, 1.82) is 0 Å². The van der Waals surface area contributed by atoms with Crippen molar-refractivity contribution in [3.8, 4) is 0 Å². The molecule has 0 aromatic rings. The Morgan fingerprint density at radius 1 is 1.24 bits per heavy atom. The Hall–Kier alpha value is -1.46. The van der Waals surface area contributed by atoms with E-state index in [9.17, 15) is 9.59 Å². The largest absolute Gasteiger partial charge is 0.400 e. The van der Waals surface area contributed by atoms with E-state index in [1.807, 2.05) is 6.08 Å². The minimum atomic E-state index is -0.309. The van der Waals surface area contributed by atoms with Gasteiger partial charge in [-0.2, -0.15) is 0 Å². The molecule has 6 atom stereocenters. The first-order valence-electron chi connectivity index (χ1n) is 9.43. The minimum Gasteiger partial charge on any atom is -0.400 e. The van der Waals surface area contributed by atoms with E-state index in [1.165, 1.54) is 0 Å². The summed E-state index contributed by atoms with van der Waals surface area (Å²) in [6.07, 6.45) is 5.23. The maximum Gasteiger partial charge on any atom is 0.159 e. The molecule has 5 heteroatoms. The second-order valence-corrected chi connectivity index (χ2v) is 7.89. The molecule has 2 aliphatic rings. The van der Waals surface area contributed by atoms with Gasteiger partial charge in [-0.3, -0.25) is 9.59 Å². The quantitative estimate of drug-likeness (QED) is 0.704. The number of nitrogens with two attached hydrogens (primary N) is 3. The molecule has 2 rings (SSSR count). The van der Waals surface area contributed by atoms with Gasteiger partial charge >= 0.3 is 0 Å². The first-order valence-corrected chi connectivity index (χ1v) is 9.43. The minimum absolute atomic E-state index is 0.00433. The van der Waals surface area contributed by atoms with E-state index >= 15 is 0 Å². The first-order chi connectivity index (χ1) is 11.7. The van der Waals surface area contributed by atoms with Crippen molar-refractivity contribution in [2.45, 2.75) is 65.5 Å². The van der Waals surface area contributed by atoms with Gasteiger partial charge in [0, 0.05) is 29.1 Å². The summed E-state index contributed by atoms with van der Waals surface area (Å²) in [6.45, 7) is 7.42. The second kappa shape index (κ2) is 7.83. The number of rotatable bonds is 5. The molecule has 0 radical (unpaired) electrons. The Morgan fingerprint density at radius 3 is 2.40 bits per heavy atom. The van der Waals surface area contributed by atoms with E-state index in [0.29, 0.717) is 23.6 Å². The summed E-state index contributed by atoms with van der Waals surface area (Å²) in [7, 11) is 0. The van der Waals surface area contributed by atoms with Crippen LogP contribution >= 0.6 is 0 Å². The van der Waals surface area contributed by atoms with Gasteiger partial charge in [0.25, 0.3) is 0 Å². The summed E-state index contributed by atoms with van der Waals surface area (Å²) >= 11 is 0. The predicted molar refractivity (Wildman–Crippen MR) is 100 cm³/mol. The maximum absolute atomic E-state index is 12.4. The lowest BCUT2D eigenvalue weighted by atomic mass is 9.66. The van der Waals surface area contributed by atoms with Gasteiger partial charge in [-0.25, -0.2) is 0 Å². The van der Waals surface area contributed by atoms with E-state index in [0.717, 1.165) is 24.8 Å². The molecule has 0 aromatic carbocycles. The third-order valence-electron chi connectivity index (χ3n) is 6.20. The molecule has 6 N–H and O–H groups in total. The molecule has 0 bridgehead atoms. The normalized spacial score (nSPS) is 34.5. The van der Waals surface area contributed by atoms with Gasteiger partial charge in [0.15, 0.2) is 5.78 Å². The number of hydrogen-bond acceptors (Lipinski definition) is 5. The monoisotopic (exact) mass is 347 g/mol. The molecule has 0 spiro atoms. The molecule has 0 aliphatic heterocycles. The summed E-state index contributed by atoms with van der Waals surface area (Å²) < 4.78 is 0. The highest BCUT2D eigenvalue weighted by Gasteiger charge is 2.41. The molecule has 5 nitrogen and oxygen atoms in total. The van der Waals surface area contributed by atoms with Crippen LogP contribution in [0.3, 0.4) is 0 Å². The Balaban J connectivity index is 2.50. The standard InChI is InChI=1S/C20H33N3O2/c1-5-10(2)15-9-17(12(4)25)18(20(23)19(15)22)14-7-6-13(21)8-16(14)11(3)24/h9-10,13-16,19H,5-8,21-23H2,1-4H3. The highest BCUT2D eigenvalue weighted by atomic mass is 16.1. The molecule has 6 unspecified atom stereocenters. The van der Waals surface area contributed by atoms with Gasteiger partial charge in [0.2, 0.25) is 0 Å². The molecule has 140 valence electrons. The second-order valence-electron chi connectivity index (χ2n) is 7.89. The van der Waals surface area contributed by atoms with Crippen LogP contribution in [0.5, 0.6) is 0 Å². The Kier molecular flexibility index (Phi) is 6.22. The zero-order valence-electron chi connectivity index (χ0n) is 15.9. The van der Waals surface area contributed by atoms with Crippen LogP contribution in [0, 0.1) is 23.7 Å². The fraction of sp³-hybridized carbons (Fsp3) is 0.700. The van der Waals surface area contributed by atoms with Gasteiger partial charge in [0.1, 0.15) is 5.78 Å². The summed E-state index contributed by atoms with van der Waals surface area (Å²) in [5, 5.41) is 0. The lowest BCUT2D eigenvalue weighted by molar-refractivity contribution is -0.123. The highest BCUT2D eigenvalue weighted by molar-refractivity contribution is 5.99. The molecule has 0 aromatic heterocycles. The molecule has 1 fully saturated rings. The Bertz CT molecular complexity index is 608. The van der Waals surface area contributed by atoms with Crippen LogP contribution in [-0.2, 0) is 9.59 Å². The molecule has 0 amide bonds. The third-order valence-corrected chi connectivity index (χ3v) is 6.20. The molecular formula is C20H33N3O2. The van der Waals surface area contributed by atoms with Crippen LogP contribution in [-0.4, -0.2) is 23.7 Å². The van der Waals surface area contributed by atoms with Crippen molar-refractivity contribution < 1.29 is 9.59 Å². The van der Waals surface area contributed by atoms with Crippen LogP contribution in [0.1, 0.15) is 53.4 Å². The van der Waals surface area contributed by atoms with Gasteiger partial charge in [0.05, 0.1) is 6.04 Å². The Labute approximate surface area is 151 Å². The number of ketones is 2. The molecule has 2 aliphatic carbocycles.